The maximum atomic E-state index is 11.2. The molecule has 1 N–H and O–H groups in total. The fraction of sp³-hybridized carbons (Fsp3) is 0.286. The Balaban J connectivity index is 0.00000196. The average molecular weight is 259 g/mol. The number of carbonyl (C=O) groups is 2. The second-order valence-corrected chi connectivity index (χ2v) is 3.24. The summed E-state index contributed by atoms with van der Waals surface area (Å²) in [6, 6.07) is -0.963. The van der Waals surface area contributed by atoms with Crippen LogP contribution >= 0.6 is 23.2 Å². The van der Waals surface area contributed by atoms with Crippen LogP contribution in [0.4, 0.5) is 0 Å². The Hall–Kier alpha value is -0.0700. The van der Waals surface area contributed by atoms with Crippen LogP contribution in [0.15, 0.2) is 16.6 Å². The van der Waals surface area contributed by atoms with Gasteiger partial charge in [0.25, 0.3) is 5.91 Å². The topological polar surface area (TPSA) is 81.6 Å². The van der Waals surface area contributed by atoms with Gasteiger partial charge in [0.05, 0.1) is 11.4 Å². The van der Waals surface area contributed by atoms with Gasteiger partial charge in [-0.2, -0.15) is 0 Å². The molecule has 0 saturated heterocycles. The maximum Gasteiger partial charge on any atom is 1.00 e. The van der Waals surface area contributed by atoms with E-state index in [9.17, 15) is 14.7 Å². The Labute approximate surface area is 118 Å². The number of rotatable bonds is 2. The van der Waals surface area contributed by atoms with Crippen LogP contribution < -0.4 is 40.0 Å². The third kappa shape index (κ3) is 3.77. The van der Waals surface area contributed by atoms with Crippen LogP contribution in [0.25, 0.3) is 0 Å². The summed E-state index contributed by atoms with van der Waals surface area (Å²) in [4.78, 5) is 25.3. The molecule has 5 nitrogen and oxygen atoms in total. The van der Waals surface area contributed by atoms with E-state index in [2.05, 4.69) is 4.99 Å². The Bertz CT molecular complexity index is 332. The van der Waals surface area contributed by atoms with Gasteiger partial charge in [-0.25, -0.2) is 4.99 Å². The fourth-order valence-corrected chi connectivity index (χ4v) is 1.48. The molecule has 0 aromatic rings. The number of amidine groups is 1. The summed E-state index contributed by atoms with van der Waals surface area (Å²) < 4.78 is 0. The van der Waals surface area contributed by atoms with E-state index in [-0.39, 0.29) is 29.6 Å². The molecule has 76 valence electrons. The molecule has 0 radical (unpaired) electrons. The molecular formula is C7H5Cl2N2NaO3. The van der Waals surface area contributed by atoms with E-state index < -0.39 is 29.1 Å². The molecule has 1 aliphatic heterocycles. The molecule has 1 heterocycles. The number of hydrogen-bond donors (Lipinski definition) is 1. The van der Waals surface area contributed by atoms with E-state index >= 15 is 0 Å². The summed E-state index contributed by atoms with van der Waals surface area (Å²) in [6.45, 7) is 0. The summed E-state index contributed by atoms with van der Waals surface area (Å²) in [5.74, 6) is -2.80. The van der Waals surface area contributed by atoms with Gasteiger partial charge in [-0.3, -0.25) is 9.59 Å². The molecule has 0 spiro atoms. The van der Waals surface area contributed by atoms with Crippen LogP contribution in [0, 0.1) is 5.92 Å². The number of amides is 2. The molecule has 2 unspecified atom stereocenters. The fourth-order valence-electron chi connectivity index (χ4n) is 0.954. The zero-order valence-corrected chi connectivity index (χ0v) is 11.2. The Morgan fingerprint density at radius 1 is 1.53 bits per heavy atom. The monoisotopic (exact) mass is 258 g/mol. The Kier molecular flexibility index (Phi) is 6.47. The summed E-state index contributed by atoms with van der Waals surface area (Å²) in [5, 5.41) is 11.6. The van der Waals surface area contributed by atoms with Crippen LogP contribution in [0.2, 0.25) is 0 Å². The Morgan fingerprint density at radius 3 is 2.60 bits per heavy atom. The third-order valence-corrected chi connectivity index (χ3v) is 2.11. The van der Waals surface area contributed by atoms with Crippen LogP contribution in [-0.4, -0.2) is 23.2 Å². The molecule has 0 aromatic carbocycles. The van der Waals surface area contributed by atoms with Gasteiger partial charge in [-0.1, -0.05) is 17.7 Å². The second kappa shape index (κ2) is 6.50. The molecule has 0 aromatic heterocycles. The van der Waals surface area contributed by atoms with Crippen LogP contribution in [0.5, 0.6) is 0 Å². The number of nitrogens with zero attached hydrogens (tertiary/aromatic N) is 1. The minimum absolute atomic E-state index is 0. The van der Waals surface area contributed by atoms with Gasteiger partial charge in [0.15, 0.2) is 0 Å². The van der Waals surface area contributed by atoms with E-state index in [4.69, 9.17) is 23.2 Å². The zero-order valence-electron chi connectivity index (χ0n) is 7.74. The van der Waals surface area contributed by atoms with Crippen LogP contribution in [0.3, 0.4) is 0 Å². The van der Waals surface area contributed by atoms with Crippen molar-refractivity contribution in [3.63, 3.8) is 0 Å². The predicted molar refractivity (Wildman–Crippen MR) is 48.7 cm³/mol. The minimum atomic E-state index is -1.19. The van der Waals surface area contributed by atoms with Crippen molar-refractivity contribution in [1.82, 2.24) is 5.32 Å². The number of alkyl halides is 1. The molecule has 15 heavy (non-hydrogen) atoms. The molecule has 2 amide bonds. The Morgan fingerprint density at radius 2 is 2.13 bits per heavy atom. The number of hydrogen-bond acceptors (Lipinski definition) is 3. The van der Waals surface area contributed by atoms with Gasteiger partial charge in [0.1, 0.15) is 5.92 Å². The van der Waals surface area contributed by atoms with Crippen LogP contribution in [0.1, 0.15) is 0 Å². The van der Waals surface area contributed by atoms with E-state index in [0.717, 1.165) is 5.54 Å². The van der Waals surface area contributed by atoms with E-state index in [1.807, 2.05) is 5.32 Å². The van der Waals surface area contributed by atoms with Crippen molar-refractivity contribution in [2.24, 2.45) is 10.9 Å². The van der Waals surface area contributed by atoms with Gasteiger partial charge in [0, 0.05) is 5.54 Å². The van der Waals surface area contributed by atoms with Gasteiger partial charge < -0.3 is 10.4 Å². The smallest absolute Gasteiger partial charge is 0.846 e. The summed E-state index contributed by atoms with van der Waals surface area (Å²) in [7, 11) is 0. The van der Waals surface area contributed by atoms with E-state index in [1.54, 1.807) is 0 Å². The SMILES string of the molecule is O=C1N=C([O-])NC(=O)C1C(Cl)/C=C/Cl.[Na+]. The number of carbonyl (C=O) groups excluding carboxylic acids is 2. The van der Waals surface area contributed by atoms with Gasteiger partial charge in [-0.05, 0) is 0 Å². The van der Waals surface area contributed by atoms with Crippen molar-refractivity contribution in [1.29, 1.82) is 0 Å². The number of aliphatic imine (C=N–C) groups is 1. The summed E-state index contributed by atoms with van der Waals surface area (Å²) >= 11 is 10.9. The van der Waals surface area contributed by atoms with Gasteiger partial charge in [0.2, 0.25) is 5.91 Å². The quantitative estimate of drug-likeness (QED) is 0.315. The average Bonchev–Trinajstić information content (AvgIpc) is 2.01. The minimum Gasteiger partial charge on any atom is -0.846 e. The molecule has 8 heteroatoms. The first kappa shape index (κ1) is 14.9. The molecule has 2 atom stereocenters. The van der Waals surface area contributed by atoms with Crippen molar-refractivity contribution in [3.05, 3.63) is 11.6 Å². The number of halogens is 2. The van der Waals surface area contributed by atoms with Crippen molar-refractivity contribution in [2.75, 3.05) is 0 Å². The van der Waals surface area contributed by atoms with E-state index in [1.165, 1.54) is 6.08 Å². The van der Waals surface area contributed by atoms with Crippen molar-refractivity contribution in [3.8, 4) is 0 Å². The zero-order chi connectivity index (χ0) is 10.7. The number of nitrogens with one attached hydrogen (secondary N) is 1. The first-order chi connectivity index (χ1) is 6.56. The summed E-state index contributed by atoms with van der Waals surface area (Å²) in [6.07, 6.45) is 1.26. The van der Waals surface area contributed by atoms with E-state index in [0.29, 0.717) is 0 Å². The molecule has 0 aliphatic carbocycles. The summed E-state index contributed by atoms with van der Waals surface area (Å²) in [5.41, 5.74) is 1.09. The molecule has 1 rings (SSSR count). The van der Waals surface area contributed by atoms with Crippen molar-refractivity contribution >= 4 is 41.0 Å². The van der Waals surface area contributed by atoms with Gasteiger partial charge >= 0.3 is 29.6 Å². The third-order valence-electron chi connectivity index (χ3n) is 1.57. The first-order valence-electron chi connectivity index (χ1n) is 3.57. The standard InChI is InChI=1S/C7H6Cl2N2O3.Na/c8-2-1-3(9)4-5(12)10-7(14)11-6(4)13;/h1-4H,(H2,10,11,12,13,14);/q;+1/p-1/b2-1+;. The molecular weight excluding hydrogens is 254 g/mol. The normalized spacial score (nSPS) is 23.1. The van der Waals surface area contributed by atoms with Crippen molar-refractivity contribution in [2.45, 2.75) is 5.38 Å². The largest absolute Gasteiger partial charge is 1.00 e. The van der Waals surface area contributed by atoms with Crippen LogP contribution in [-0.2, 0) is 9.59 Å². The predicted octanol–water partition coefficient (Wildman–Crippen LogP) is -3.66. The first-order valence-corrected chi connectivity index (χ1v) is 4.45. The second-order valence-electron chi connectivity index (χ2n) is 2.48. The molecule has 1 aliphatic rings. The maximum absolute atomic E-state index is 11.2. The molecule has 0 bridgehead atoms. The molecule has 0 saturated carbocycles. The van der Waals surface area contributed by atoms with Gasteiger partial charge in [-0.15, -0.1) is 11.6 Å². The molecule has 0 fully saturated rings. The number of allylic oxidation sites excluding steroid dienone is 1. The van der Waals surface area contributed by atoms with Crippen molar-refractivity contribution < 1.29 is 44.3 Å².